The van der Waals surface area contributed by atoms with E-state index in [0.29, 0.717) is 28.9 Å². The molecule has 0 fully saturated rings. The van der Waals surface area contributed by atoms with E-state index in [1.54, 1.807) is 31.5 Å². The predicted octanol–water partition coefficient (Wildman–Crippen LogP) is 2.58. The van der Waals surface area contributed by atoms with Crippen LogP contribution in [0.15, 0.2) is 52.7 Å². The van der Waals surface area contributed by atoms with Crippen molar-refractivity contribution >= 4 is 35.5 Å². The number of aromatic nitrogens is 3. The lowest BCUT2D eigenvalue weighted by molar-refractivity contribution is -0.113. The average molecular weight is 472 g/mol. The number of hydrogen-bond acceptors (Lipinski definition) is 10. The van der Waals surface area contributed by atoms with Gasteiger partial charge in [0, 0.05) is 11.8 Å². The highest BCUT2D eigenvalue weighted by molar-refractivity contribution is 7.99. The Hall–Kier alpha value is -3.93. The molecule has 0 radical (unpaired) electrons. The van der Waals surface area contributed by atoms with Gasteiger partial charge in [-0.25, -0.2) is 10.1 Å². The largest absolute Gasteiger partial charge is 0.494 e. The maximum atomic E-state index is 12.3. The van der Waals surface area contributed by atoms with Crippen LogP contribution in [0.4, 0.5) is 11.6 Å². The predicted molar refractivity (Wildman–Crippen MR) is 128 cm³/mol. The second kappa shape index (κ2) is 11.6. The van der Waals surface area contributed by atoms with Crippen molar-refractivity contribution in [3.63, 3.8) is 0 Å². The smallest absolute Gasteiger partial charge is 0.264 e. The van der Waals surface area contributed by atoms with Crippen molar-refractivity contribution in [1.29, 1.82) is 0 Å². The quantitative estimate of drug-likeness (QED) is 0.167. The first-order chi connectivity index (χ1) is 16.0. The summed E-state index contributed by atoms with van der Waals surface area (Å²) in [5, 5.41) is 15.2. The lowest BCUT2D eigenvalue weighted by Gasteiger charge is -2.10. The summed E-state index contributed by atoms with van der Waals surface area (Å²) in [4.78, 5) is 12.3. The highest BCUT2D eigenvalue weighted by Crippen LogP contribution is 2.29. The molecule has 0 aliphatic carbocycles. The normalized spacial score (nSPS) is 10.8. The van der Waals surface area contributed by atoms with Crippen molar-refractivity contribution in [3.05, 3.63) is 48.0 Å². The molecular weight excluding hydrogens is 446 g/mol. The second-order valence-electron chi connectivity index (χ2n) is 6.45. The highest BCUT2D eigenvalue weighted by Gasteiger charge is 2.13. The topological polar surface area (TPSA) is 138 Å². The molecule has 11 nitrogen and oxygen atoms in total. The van der Waals surface area contributed by atoms with Gasteiger partial charge in [0.05, 0.1) is 32.8 Å². The third kappa shape index (κ3) is 6.53. The first kappa shape index (κ1) is 23.7. The van der Waals surface area contributed by atoms with Gasteiger partial charge in [0.2, 0.25) is 11.1 Å². The lowest BCUT2D eigenvalue weighted by atomic mass is 10.2. The zero-order chi connectivity index (χ0) is 23.6. The standard InChI is InChI=1S/C21H25N7O4S/c1-4-32-16-8-5-14(6-9-16)12-23-25-20-26-27-21(28(20)22)33-13-19(29)24-15-7-10-17(30-2)18(11-15)31-3/h5-12H,4,13,22H2,1-3H3,(H,24,29)(H,25,26)/b23-12+. The first-order valence-electron chi connectivity index (χ1n) is 9.91. The van der Waals surface area contributed by atoms with Crippen LogP contribution in [0.3, 0.4) is 0 Å². The minimum Gasteiger partial charge on any atom is -0.494 e. The van der Waals surface area contributed by atoms with E-state index in [4.69, 9.17) is 20.1 Å². The molecule has 0 unspecified atom stereocenters. The Morgan fingerprint density at radius 3 is 2.61 bits per heavy atom. The number of carbonyl (C=O) groups excluding carboxylic acids is 1. The van der Waals surface area contributed by atoms with Gasteiger partial charge < -0.3 is 25.4 Å². The summed E-state index contributed by atoms with van der Waals surface area (Å²) in [6.45, 7) is 2.54. The number of anilines is 2. The van der Waals surface area contributed by atoms with Crippen LogP contribution in [0, 0.1) is 0 Å². The fourth-order valence-corrected chi connectivity index (χ4v) is 3.33. The van der Waals surface area contributed by atoms with E-state index >= 15 is 0 Å². The maximum absolute atomic E-state index is 12.3. The van der Waals surface area contributed by atoms with E-state index in [9.17, 15) is 4.79 Å². The fourth-order valence-electron chi connectivity index (χ4n) is 2.67. The van der Waals surface area contributed by atoms with Gasteiger partial charge in [0.15, 0.2) is 11.5 Å². The number of nitrogen functional groups attached to an aromatic ring is 1. The molecule has 3 rings (SSSR count). The van der Waals surface area contributed by atoms with Gasteiger partial charge in [-0.15, -0.1) is 10.2 Å². The van der Waals surface area contributed by atoms with Crippen LogP contribution < -0.4 is 30.8 Å². The number of benzene rings is 2. The molecule has 2 aromatic carbocycles. The molecular formula is C21H25N7O4S. The summed E-state index contributed by atoms with van der Waals surface area (Å²) < 4.78 is 17.1. The summed E-state index contributed by atoms with van der Waals surface area (Å²) in [5.74, 6) is 7.97. The Balaban J connectivity index is 1.51. The number of methoxy groups -OCH3 is 2. The van der Waals surface area contributed by atoms with Crippen molar-refractivity contribution in [2.24, 2.45) is 5.10 Å². The molecule has 0 aliphatic heterocycles. The zero-order valence-corrected chi connectivity index (χ0v) is 19.3. The van der Waals surface area contributed by atoms with Gasteiger partial charge in [-0.2, -0.15) is 5.10 Å². The summed E-state index contributed by atoms with van der Waals surface area (Å²) in [6, 6.07) is 12.6. The number of hydrogen-bond donors (Lipinski definition) is 3. The second-order valence-corrected chi connectivity index (χ2v) is 7.40. The Kier molecular flexibility index (Phi) is 8.36. The number of rotatable bonds is 11. The number of thioether (sulfide) groups is 1. The molecule has 0 spiro atoms. The molecule has 1 heterocycles. The average Bonchev–Trinajstić information content (AvgIpc) is 3.18. The van der Waals surface area contributed by atoms with Gasteiger partial charge in [-0.1, -0.05) is 11.8 Å². The van der Waals surface area contributed by atoms with E-state index in [2.05, 4.69) is 26.0 Å². The van der Waals surface area contributed by atoms with Crippen LogP contribution in [0.2, 0.25) is 0 Å². The van der Waals surface area contributed by atoms with E-state index in [0.717, 1.165) is 23.1 Å². The molecule has 12 heteroatoms. The van der Waals surface area contributed by atoms with Crippen molar-refractivity contribution in [2.45, 2.75) is 12.1 Å². The van der Waals surface area contributed by atoms with Crippen molar-refractivity contribution in [2.75, 3.05) is 43.2 Å². The number of hydrazone groups is 1. The van der Waals surface area contributed by atoms with Crippen molar-refractivity contribution in [1.82, 2.24) is 14.9 Å². The molecule has 0 saturated carbocycles. The zero-order valence-electron chi connectivity index (χ0n) is 18.4. The molecule has 174 valence electrons. The maximum Gasteiger partial charge on any atom is 0.264 e. The molecule has 1 aromatic heterocycles. The summed E-state index contributed by atoms with van der Waals surface area (Å²) >= 11 is 1.14. The molecule has 0 atom stereocenters. The molecule has 33 heavy (non-hydrogen) atoms. The molecule has 0 bridgehead atoms. The van der Waals surface area contributed by atoms with Crippen molar-refractivity contribution < 1.29 is 19.0 Å². The number of nitrogens with zero attached hydrogens (tertiary/aromatic N) is 4. The Morgan fingerprint density at radius 2 is 1.91 bits per heavy atom. The molecule has 1 amide bonds. The minimum absolute atomic E-state index is 0.0825. The number of amides is 1. The molecule has 3 aromatic rings. The Morgan fingerprint density at radius 1 is 1.15 bits per heavy atom. The number of ether oxygens (including phenoxy) is 3. The van der Waals surface area contributed by atoms with Gasteiger partial charge in [-0.05, 0) is 48.9 Å². The number of nitrogens with two attached hydrogens (primary N) is 1. The van der Waals surface area contributed by atoms with Gasteiger partial charge in [0.25, 0.3) is 5.95 Å². The van der Waals surface area contributed by atoms with Crippen LogP contribution in [0.25, 0.3) is 0 Å². The molecule has 4 N–H and O–H groups in total. The van der Waals surface area contributed by atoms with E-state index in [-0.39, 0.29) is 17.6 Å². The fraction of sp³-hybridized carbons (Fsp3) is 0.238. The van der Waals surface area contributed by atoms with Crippen LogP contribution in [-0.2, 0) is 4.79 Å². The Labute approximate surface area is 195 Å². The molecule has 0 aliphatic rings. The van der Waals surface area contributed by atoms with Gasteiger partial charge in [0.1, 0.15) is 5.75 Å². The highest BCUT2D eigenvalue weighted by atomic mass is 32.2. The number of nitrogens with one attached hydrogen (secondary N) is 2. The van der Waals surface area contributed by atoms with Crippen LogP contribution in [0.1, 0.15) is 12.5 Å². The van der Waals surface area contributed by atoms with Crippen molar-refractivity contribution in [3.8, 4) is 17.2 Å². The third-order valence-corrected chi connectivity index (χ3v) is 5.18. The number of carbonyl (C=O) groups is 1. The van der Waals surface area contributed by atoms with Gasteiger partial charge in [-0.3, -0.25) is 4.79 Å². The third-order valence-electron chi connectivity index (χ3n) is 4.23. The van der Waals surface area contributed by atoms with Crippen LogP contribution in [-0.4, -0.2) is 53.6 Å². The van der Waals surface area contributed by atoms with E-state index in [1.165, 1.54) is 11.8 Å². The van der Waals surface area contributed by atoms with E-state index < -0.39 is 0 Å². The Bertz CT molecular complexity index is 1100. The van der Waals surface area contributed by atoms with Crippen LogP contribution in [0.5, 0.6) is 17.2 Å². The molecule has 0 saturated heterocycles. The van der Waals surface area contributed by atoms with Crippen LogP contribution >= 0.6 is 11.8 Å². The summed E-state index contributed by atoms with van der Waals surface area (Å²) in [5.41, 5.74) is 4.19. The minimum atomic E-state index is -0.238. The monoisotopic (exact) mass is 471 g/mol. The summed E-state index contributed by atoms with van der Waals surface area (Å²) in [7, 11) is 3.07. The van der Waals surface area contributed by atoms with Gasteiger partial charge >= 0.3 is 0 Å². The van der Waals surface area contributed by atoms with E-state index in [1.807, 2.05) is 31.2 Å². The summed E-state index contributed by atoms with van der Waals surface area (Å²) in [6.07, 6.45) is 1.62. The lowest BCUT2D eigenvalue weighted by Crippen LogP contribution is -2.17. The SMILES string of the molecule is CCOc1ccc(/C=N/Nc2nnc(SCC(=O)Nc3ccc(OC)c(OC)c3)n2N)cc1. The first-order valence-corrected chi connectivity index (χ1v) is 10.9.